The van der Waals surface area contributed by atoms with Crippen molar-refractivity contribution in [1.29, 1.82) is 0 Å². The zero-order valence-electron chi connectivity index (χ0n) is 11.1. The van der Waals surface area contributed by atoms with Gasteiger partial charge in [-0.3, -0.25) is 0 Å². The maximum Gasteiger partial charge on any atom is 0.336 e. The van der Waals surface area contributed by atoms with Crippen LogP contribution in [-0.4, -0.2) is 26.1 Å². The van der Waals surface area contributed by atoms with Crippen molar-refractivity contribution in [3.05, 3.63) is 47.3 Å². The molecule has 1 aliphatic rings. The molecule has 0 bridgehead atoms. The number of carbonyl (C=O) groups is 1. The topological polar surface area (TPSA) is 46.5 Å². The van der Waals surface area contributed by atoms with Crippen LogP contribution in [0.2, 0.25) is 0 Å². The minimum absolute atomic E-state index is 0.179. The lowest BCUT2D eigenvalue weighted by Gasteiger charge is -2.11. The van der Waals surface area contributed by atoms with Crippen LogP contribution >= 0.6 is 20.7 Å². The van der Waals surface area contributed by atoms with Gasteiger partial charge < -0.3 is 9.84 Å². The Kier molecular flexibility index (Phi) is 4.69. The zero-order valence-corrected chi connectivity index (χ0v) is 13.2. The molecule has 2 rings (SSSR count). The van der Waals surface area contributed by atoms with Crippen molar-refractivity contribution in [2.75, 3.05) is 7.11 Å². The first-order valence-corrected chi connectivity index (χ1v) is 8.47. The van der Waals surface area contributed by atoms with Gasteiger partial charge in [-0.15, -0.1) is 20.7 Å². The summed E-state index contributed by atoms with van der Waals surface area (Å²) < 4.78 is 21.0. The van der Waals surface area contributed by atoms with Crippen molar-refractivity contribution < 1.29 is 19.0 Å². The van der Waals surface area contributed by atoms with Gasteiger partial charge in [0.15, 0.2) is 0 Å². The first-order chi connectivity index (χ1) is 9.52. The lowest BCUT2D eigenvalue weighted by molar-refractivity contribution is -0.132. The van der Waals surface area contributed by atoms with Gasteiger partial charge in [0.05, 0.1) is 12.7 Å². The summed E-state index contributed by atoms with van der Waals surface area (Å²) in [6, 6.07) is 4.13. The van der Waals surface area contributed by atoms with Gasteiger partial charge in [0.1, 0.15) is 11.6 Å². The summed E-state index contributed by atoms with van der Waals surface area (Å²) in [5, 5.41) is 9.36. The molecule has 20 heavy (non-hydrogen) atoms. The third-order valence-electron chi connectivity index (χ3n) is 2.87. The fraction of sp³-hybridized carbons (Fsp3) is 0.200. The lowest BCUT2D eigenvalue weighted by Crippen LogP contribution is -2.04. The Bertz CT molecular complexity index is 632. The van der Waals surface area contributed by atoms with Crippen LogP contribution in [0.3, 0.4) is 0 Å². The number of benzene rings is 1. The van der Waals surface area contributed by atoms with Gasteiger partial charge >= 0.3 is 5.97 Å². The summed E-state index contributed by atoms with van der Waals surface area (Å²) >= 11 is -0.333. The number of aliphatic carboxylic acids is 1. The molecule has 1 aromatic rings. The van der Waals surface area contributed by atoms with E-state index in [1.54, 1.807) is 6.08 Å². The fourth-order valence-electron chi connectivity index (χ4n) is 1.86. The van der Waals surface area contributed by atoms with Crippen LogP contribution in [0.25, 0.3) is 5.57 Å². The van der Waals surface area contributed by atoms with Crippen LogP contribution < -0.4 is 4.74 Å². The van der Waals surface area contributed by atoms with E-state index in [0.29, 0.717) is 20.8 Å². The van der Waals surface area contributed by atoms with Crippen LogP contribution in [0.4, 0.5) is 4.39 Å². The standard InChI is InChI=1S/C15H14FIO3/c1-9-3-5-11(15(18)19)13(8-17-9)12-7-10(16)4-6-14(12)20-2/h3-9H,1-2H3,(H,18,19). The number of alkyl halides is 1. The molecular formula is C15H14FIO3. The molecule has 1 unspecified atom stereocenters. The molecule has 0 saturated heterocycles. The third-order valence-corrected chi connectivity index (χ3v) is 5.40. The number of hydrogen-bond acceptors (Lipinski definition) is 2. The molecule has 5 heteroatoms. The van der Waals surface area contributed by atoms with Gasteiger partial charge in [0.25, 0.3) is 0 Å². The molecule has 1 aliphatic heterocycles. The predicted octanol–water partition coefficient (Wildman–Crippen LogP) is 3.40. The number of carboxylic acid groups (broad SMARTS) is 1. The van der Waals surface area contributed by atoms with Crippen molar-refractivity contribution in [2.24, 2.45) is 0 Å². The van der Waals surface area contributed by atoms with E-state index in [9.17, 15) is 14.3 Å². The van der Waals surface area contributed by atoms with E-state index < -0.39 is 11.8 Å². The monoisotopic (exact) mass is 388 g/mol. The highest BCUT2D eigenvalue weighted by Crippen LogP contribution is 2.32. The number of halogens is 2. The average Bonchev–Trinajstić information content (AvgIpc) is 2.60. The molecule has 0 radical (unpaired) electrons. The van der Waals surface area contributed by atoms with Crippen LogP contribution in [0.5, 0.6) is 5.75 Å². The minimum atomic E-state index is -1.02. The number of methoxy groups -OCH3 is 1. The Hall–Kier alpha value is -1.50. The number of ether oxygens (including phenoxy) is 1. The molecule has 1 aromatic carbocycles. The Morgan fingerprint density at radius 2 is 2.20 bits per heavy atom. The normalized spacial score (nSPS) is 18.4. The van der Waals surface area contributed by atoms with Crippen molar-refractivity contribution in [3.63, 3.8) is 0 Å². The van der Waals surface area contributed by atoms with Gasteiger partial charge in [-0.2, -0.15) is 0 Å². The van der Waals surface area contributed by atoms with E-state index in [1.807, 2.05) is 17.0 Å². The van der Waals surface area contributed by atoms with Crippen molar-refractivity contribution in [1.82, 2.24) is 0 Å². The van der Waals surface area contributed by atoms with Gasteiger partial charge in [-0.05, 0) is 22.2 Å². The molecule has 1 N–H and O–H groups in total. The van der Waals surface area contributed by atoms with Crippen LogP contribution in [0, 0.1) is 5.82 Å². The van der Waals surface area contributed by atoms with Crippen molar-refractivity contribution >= 4 is 36.3 Å². The molecule has 0 aliphatic carbocycles. The molecule has 0 fully saturated rings. The molecule has 3 nitrogen and oxygen atoms in total. The summed E-state index contributed by atoms with van der Waals surface area (Å²) in [5.41, 5.74) is 1.21. The molecule has 1 atom stereocenters. The molecule has 0 aromatic heterocycles. The largest absolute Gasteiger partial charge is 0.496 e. The Balaban J connectivity index is 2.69. The molecule has 0 spiro atoms. The second-order valence-corrected chi connectivity index (χ2v) is 7.56. The number of hydrogen-bond donors (Lipinski definition) is 1. The SMILES string of the molecule is COc1ccc(F)cc1C1=C(C(=O)O)C=CC(C)I=C1. The first-order valence-electron chi connectivity index (χ1n) is 5.97. The van der Waals surface area contributed by atoms with E-state index in [1.165, 1.54) is 25.3 Å². The molecular weight excluding hydrogens is 374 g/mol. The highest BCUT2D eigenvalue weighted by molar-refractivity contribution is 14.2. The van der Waals surface area contributed by atoms with E-state index in [2.05, 4.69) is 0 Å². The number of carboxylic acids is 1. The van der Waals surface area contributed by atoms with Crippen molar-refractivity contribution in [2.45, 2.75) is 10.8 Å². The second kappa shape index (κ2) is 6.30. The van der Waals surface area contributed by atoms with Gasteiger partial charge in [-0.1, -0.05) is 19.1 Å². The van der Waals surface area contributed by atoms with E-state index in [0.717, 1.165) is 0 Å². The quantitative estimate of drug-likeness (QED) is 0.638. The van der Waals surface area contributed by atoms with Crippen molar-refractivity contribution in [3.8, 4) is 5.75 Å². The Morgan fingerprint density at radius 1 is 1.45 bits per heavy atom. The highest BCUT2D eigenvalue weighted by Gasteiger charge is 2.18. The van der Waals surface area contributed by atoms with Crippen LogP contribution in [0.1, 0.15) is 12.5 Å². The number of rotatable bonds is 3. The minimum Gasteiger partial charge on any atom is -0.496 e. The van der Waals surface area contributed by atoms with Gasteiger partial charge in [0.2, 0.25) is 0 Å². The average molecular weight is 388 g/mol. The summed E-state index contributed by atoms with van der Waals surface area (Å²) in [7, 11) is 1.49. The van der Waals surface area contributed by atoms with Gasteiger partial charge in [-0.25, -0.2) is 9.18 Å². The Morgan fingerprint density at radius 3 is 2.85 bits per heavy atom. The van der Waals surface area contributed by atoms with E-state index >= 15 is 0 Å². The summed E-state index contributed by atoms with van der Waals surface area (Å²) in [5.74, 6) is -0.953. The predicted molar refractivity (Wildman–Crippen MR) is 86.2 cm³/mol. The lowest BCUT2D eigenvalue weighted by atomic mass is 9.99. The van der Waals surface area contributed by atoms with Crippen LogP contribution in [0.15, 0.2) is 35.9 Å². The maximum atomic E-state index is 13.5. The van der Waals surface area contributed by atoms with E-state index in [-0.39, 0.29) is 26.3 Å². The summed E-state index contributed by atoms with van der Waals surface area (Å²) in [6.45, 7) is 2.05. The summed E-state index contributed by atoms with van der Waals surface area (Å²) in [6.07, 6.45) is 3.50. The third kappa shape index (κ3) is 3.15. The molecule has 0 amide bonds. The molecule has 1 heterocycles. The van der Waals surface area contributed by atoms with E-state index in [4.69, 9.17) is 4.74 Å². The maximum absolute atomic E-state index is 13.5. The zero-order chi connectivity index (χ0) is 14.7. The molecule has 106 valence electrons. The Labute approximate surface area is 126 Å². The van der Waals surface area contributed by atoms with Gasteiger partial charge in [0, 0.05) is 15.1 Å². The smallest absolute Gasteiger partial charge is 0.336 e. The first kappa shape index (κ1) is 14.9. The highest BCUT2D eigenvalue weighted by atomic mass is 127. The summed E-state index contributed by atoms with van der Waals surface area (Å²) in [4.78, 5) is 11.4. The fourth-order valence-corrected chi connectivity index (χ4v) is 3.91. The van der Waals surface area contributed by atoms with Crippen LogP contribution in [-0.2, 0) is 4.79 Å². The second-order valence-electron chi connectivity index (χ2n) is 4.25. The molecule has 0 saturated carbocycles. The number of allylic oxidation sites excluding steroid dienone is 2.